The zero-order valence-electron chi connectivity index (χ0n) is 23.7. The third-order valence-corrected chi connectivity index (χ3v) is 13.0. The van der Waals surface area contributed by atoms with Gasteiger partial charge >= 0.3 is 297 Å². The molecule has 6 radical (unpaired) electrons. The third-order valence-electron chi connectivity index (χ3n) is 9.60. The van der Waals surface area contributed by atoms with Crippen LogP contribution in [-0.2, 0) is 5.41 Å². The molecule has 0 bridgehead atoms. The van der Waals surface area contributed by atoms with Crippen molar-refractivity contribution in [2.24, 2.45) is 0 Å². The van der Waals surface area contributed by atoms with Crippen LogP contribution in [0.4, 0.5) is 0 Å². The van der Waals surface area contributed by atoms with Crippen LogP contribution >= 0.6 is 11.6 Å². The number of rotatable bonds is 2. The summed E-state index contributed by atoms with van der Waals surface area (Å²) in [5.41, 5.74) is 15.9. The molecule has 0 aromatic heterocycles. The van der Waals surface area contributed by atoms with E-state index in [-0.39, 0.29) is 5.41 Å². The van der Waals surface area contributed by atoms with Gasteiger partial charge in [-0.25, -0.2) is 0 Å². The van der Waals surface area contributed by atoms with E-state index >= 15 is 0 Å². The Balaban J connectivity index is 1.37. The van der Waals surface area contributed by atoms with Crippen LogP contribution in [0.5, 0.6) is 0 Å². The summed E-state index contributed by atoms with van der Waals surface area (Å²) >= 11 is 8.26. The maximum atomic E-state index is 6.34. The van der Waals surface area contributed by atoms with Gasteiger partial charge in [0.15, 0.2) is 0 Å². The number of hydrogen-bond acceptors (Lipinski definition) is 0. The van der Waals surface area contributed by atoms with Crippen LogP contribution in [0.3, 0.4) is 0 Å². The molecule has 2 aliphatic carbocycles. The van der Waals surface area contributed by atoms with Gasteiger partial charge in [0, 0.05) is 0 Å². The molecule has 7 aromatic rings. The van der Waals surface area contributed by atoms with Crippen molar-refractivity contribution in [1.29, 1.82) is 0 Å². The van der Waals surface area contributed by atoms with Gasteiger partial charge in [0.25, 0.3) is 0 Å². The van der Waals surface area contributed by atoms with Crippen molar-refractivity contribution in [2.75, 3.05) is 0 Å². The Bertz CT molecular complexity index is 2340. The number of hydrogen-bond donors (Lipinski definition) is 0. The summed E-state index contributed by atoms with van der Waals surface area (Å²) < 4.78 is 2.77. The first-order chi connectivity index (χ1) is 21.6. The minimum atomic E-state index is -0.388. The Hall–Kier alpha value is -3.07. The first kappa shape index (κ1) is 27.3. The Labute approximate surface area is 294 Å². The van der Waals surface area contributed by atoms with Crippen molar-refractivity contribution >= 4 is 80.2 Å². The van der Waals surface area contributed by atoms with E-state index in [2.05, 4.69) is 133 Å². The summed E-state index contributed by atoms with van der Waals surface area (Å²) in [6, 6.07) is 52.3. The van der Waals surface area contributed by atoms with Gasteiger partial charge in [0.2, 0.25) is 0 Å². The fraction of sp³-hybridized carbons (Fsp3) is 0.0244. The Morgan fingerprint density at radius 3 is 1.89 bits per heavy atom. The molecule has 44 heavy (non-hydrogen) atoms. The van der Waals surface area contributed by atoms with Crippen LogP contribution in [0.25, 0.3) is 55.3 Å². The van der Waals surface area contributed by atoms with Gasteiger partial charge in [-0.3, -0.25) is 0 Å². The van der Waals surface area contributed by atoms with Crippen LogP contribution in [-0.4, -0.2) is 51.5 Å². The molecular formula is C41H23ClPb2. The fourth-order valence-electron chi connectivity index (χ4n) is 7.91. The molecule has 1 spiro atoms. The molecule has 0 N–H and O–H groups in total. The zero-order chi connectivity index (χ0) is 29.6. The van der Waals surface area contributed by atoms with Gasteiger partial charge < -0.3 is 0 Å². The zero-order valence-corrected chi connectivity index (χ0v) is 32.2. The molecule has 1 unspecified atom stereocenters. The molecule has 3 heteroatoms. The van der Waals surface area contributed by atoms with Gasteiger partial charge in [-0.05, 0) is 0 Å². The van der Waals surface area contributed by atoms with E-state index in [1.165, 1.54) is 83.8 Å². The predicted octanol–water partition coefficient (Wildman–Crippen LogP) is 8.76. The van der Waals surface area contributed by atoms with E-state index in [0.29, 0.717) is 0 Å². The molecule has 0 heterocycles. The van der Waals surface area contributed by atoms with Gasteiger partial charge in [-0.15, -0.1) is 0 Å². The van der Waals surface area contributed by atoms with Crippen LogP contribution in [0.1, 0.15) is 22.3 Å². The Morgan fingerprint density at radius 2 is 1.09 bits per heavy atom. The summed E-state index contributed by atoms with van der Waals surface area (Å²) in [4.78, 5) is 0. The third kappa shape index (κ3) is 3.71. The molecule has 9 rings (SSSR count). The van der Waals surface area contributed by atoms with Crippen LogP contribution in [0.15, 0.2) is 140 Å². The first-order valence-corrected chi connectivity index (χ1v) is 19.1. The van der Waals surface area contributed by atoms with Crippen molar-refractivity contribution in [3.8, 4) is 44.5 Å². The Kier molecular flexibility index (Phi) is 6.34. The first-order valence-electron chi connectivity index (χ1n) is 14.8. The second-order valence-corrected chi connectivity index (χ2v) is 16.4. The van der Waals surface area contributed by atoms with Crippen molar-refractivity contribution in [2.45, 2.75) is 5.41 Å². The fourth-order valence-corrected chi connectivity index (χ4v) is 11.3. The van der Waals surface area contributed by atoms with E-state index in [4.69, 9.17) is 11.6 Å². The van der Waals surface area contributed by atoms with E-state index in [1.54, 1.807) is 0 Å². The summed E-state index contributed by atoms with van der Waals surface area (Å²) in [6.07, 6.45) is 0. The topological polar surface area (TPSA) is 0 Å². The molecule has 2 aliphatic rings. The Morgan fingerprint density at radius 1 is 0.455 bits per heavy atom. The van der Waals surface area contributed by atoms with Crippen LogP contribution < -0.4 is 6.25 Å². The van der Waals surface area contributed by atoms with E-state index in [1.807, 2.05) is 6.07 Å². The molecule has 202 valence electrons. The van der Waals surface area contributed by atoms with Crippen molar-refractivity contribution in [3.63, 3.8) is 0 Å². The van der Waals surface area contributed by atoms with Gasteiger partial charge in [-0.2, -0.15) is 0 Å². The average Bonchev–Trinajstić information content (AvgIpc) is 3.53. The standard InChI is InChI=1S/C41H23Cl.2Pb/c42-30-23-20-27(21-24-30)26-16-18-29(19-17-26)32-12-7-13-34-33-10-3-5-14-36(33)41(40(32)34)37-15-6-4-11-35(37)39-31-9-2-1-8-28(31)22-25-38(39)41;;/h1-16,18-20,22-25H;;. The number of halogens is 1. The molecule has 0 fully saturated rings. The molecule has 1 atom stereocenters. The summed E-state index contributed by atoms with van der Waals surface area (Å²) in [5.74, 6) is 0. The molecular weight excluding hydrogens is 942 g/mol. The van der Waals surface area contributed by atoms with Gasteiger partial charge in [0.1, 0.15) is 0 Å². The summed E-state index contributed by atoms with van der Waals surface area (Å²) in [5, 5.41) is 3.43. The SMILES string of the molecule is Clc1ccc(-c2ccc(-c3cccc4c3C3(c5ccccc5-4)c4ccccc4-c4c3ccc3ccccc43)c[c]2[Pb])[c]([Pb])c1. The predicted molar refractivity (Wildman–Crippen MR) is 187 cm³/mol. The molecule has 0 saturated carbocycles. The second kappa shape index (κ2) is 10.2. The monoisotopic (exact) mass is 966 g/mol. The van der Waals surface area contributed by atoms with Crippen LogP contribution in [0.2, 0.25) is 5.02 Å². The van der Waals surface area contributed by atoms with Gasteiger partial charge in [0.05, 0.1) is 0 Å². The van der Waals surface area contributed by atoms with Crippen molar-refractivity contribution < 1.29 is 0 Å². The van der Waals surface area contributed by atoms with Crippen molar-refractivity contribution in [3.05, 3.63) is 167 Å². The molecule has 0 nitrogen and oxygen atoms in total. The summed E-state index contributed by atoms with van der Waals surface area (Å²) in [7, 11) is 0. The van der Waals surface area contributed by atoms with Crippen molar-refractivity contribution in [1.82, 2.24) is 0 Å². The molecule has 0 aliphatic heterocycles. The van der Waals surface area contributed by atoms with Gasteiger partial charge in [-0.1, -0.05) is 0 Å². The second-order valence-electron chi connectivity index (χ2n) is 11.7. The summed E-state index contributed by atoms with van der Waals surface area (Å²) in [6.45, 7) is 0. The number of benzene rings is 7. The van der Waals surface area contributed by atoms with E-state index in [0.717, 1.165) is 56.6 Å². The average molecular weight is 965 g/mol. The molecule has 0 saturated heterocycles. The normalized spacial score (nSPS) is 15.7. The van der Waals surface area contributed by atoms with E-state index < -0.39 is 0 Å². The number of fused-ring (bicyclic) bond motifs is 12. The quantitative estimate of drug-likeness (QED) is 0.152. The van der Waals surface area contributed by atoms with Crippen LogP contribution in [0, 0.1) is 0 Å². The minimum absolute atomic E-state index is 0.388. The maximum absolute atomic E-state index is 6.34. The molecule has 0 amide bonds. The molecule has 7 aromatic carbocycles. The van der Waals surface area contributed by atoms with E-state index in [9.17, 15) is 0 Å².